The third-order valence-electron chi connectivity index (χ3n) is 5.84. The summed E-state index contributed by atoms with van der Waals surface area (Å²) >= 11 is 0. The molecule has 1 saturated heterocycles. The molecule has 1 unspecified atom stereocenters. The minimum absolute atomic E-state index is 0.00266. The molecule has 0 aliphatic carbocycles. The van der Waals surface area contributed by atoms with Crippen molar-refractivity contribution in [2.24, 2.45) is 0 Å². The number of nitrogens with zero attached hydrogens (tertiary/aromatic N) is 1. The molecule has 0 saturated carbocycles. The Balaban J connectivity index is 1.84. The number of carbonyl (C=O) groups excluding carboxylic acids is 2. The van der Waals surface area contributed by atoms with Gasteiger partial charge in [-0.05, 0) is 81.8 Å². The zero-order valence-electron chi connectivity index (χ0n) is 21.6. The van der Waals surface area contributed by atoms with Gasteiger partial charge < -0.3 is 19.3 Å². The lowest BCUT2D eigenvalue weighted by atomic mass is 9.95. The highest BCUT2D eigenvalue weighted by Crippen LogP contribution is 2.43. The van der Waals surface area contributed by atoms with Crippen molar-refractivity contribution in [1.82, 2.24) is 0 Å². The Hall–Kier alpha value is -4.26. The van der Waals surface area contributed by atoms with Crippen molar-refractivity contribution in [2.45, 2.75) is 45.9 Å². The number of benzene rings is 3. The summed E-state index contributed by atoms with van der Waals surface area (Å²) in [5.41, 5.74) is 1.54. The number of amides is 1. The molecule has 1 amide bonds. The maximum atomic E-state index is 13.4. The average molecular weight is 502 g/mol. The Labute approximate surface area is 216 Å². The molecule has 192 valence electrons. The van der Waals surface area contributed by atoms with Crippen LogP contribution < -0.4 is 19.1 Å². The highest BCUT2D eigenvalue weighted by atomic mass is 16.5. The van der Waals surface area contributed by atoms with E-state index in [0.717, 1.165) is 0 Å². The van der Waals surface area contributed by atoms with Crippen LogP contribution in [0.25, 0.3) is 5.76 Å². The fourth-order valence-electron chi connectivity index (χ4n) is 4.29. The number of anilines is 1. The molecule has 0 radical (unpaired) electrons. The normalized spacial score (nSPS) is 16.9. The molecule has 1 fully saturated rings. The SMILES string of the molecule is COc1cccc(N2C(=O)C(=O)/C(=C(/O)c3ccc(OC(C)C)cc3)C2c2ccc(OC(C)C)cc2)c1. The van der Waals surface area contributed by atoms with E-state index in [1.165, 1.54) is 12.0 Å². The number of methoxy groups -OCH3 is 1. The minimum atomic E-state index is -0.855. The van der Waals surface area contributed by atoms with Crippen LogP contribution in [0.3, 0.4) is 0 Å². The highest BCUT2D eigenvalue weighted by Gasteiger charge is 2.47. The number of hydrogen-bond donors (Lipinski definition) is 1. The van der Waals surface area contributed by atoms with Gasteiger partial charge in [0.25, 0.3) is 11.7 Å². The Morgan fingerprint density at radius 2 is 1.38 bits per heavy atom. The first-order valence-electron chi connectivity index (χ1n) is 12.2. The maximum absolute atomic E-state index is 13.4. The van der Waals surface area contributed by atoms with Gasteiger partial charge in [-0.15, -0.1) is 0 Å². The lowest BCUT2D eigenvalue weighted by molar-refractivity contribution is -0.132. The Morgan fingerprint density at radius 3 is 1.92 bits per heavy atom. The Morgan fingerprint density at radius 1 is 0.811 bits per heavy atom. The first-order valence-corrected chi connectivity index (χ1v) is 12.2. The predicted octanol–water partition coefficient (Wildman–Crippen LogP) is 5.90. The monoisotopic (exact) mass is 501 g/mol. The van der Waals surface area contributed by atoms with Gasteiger partial charge in [-0.1, -0.05) is 18.2 Å². The zero-order chi connectivity index (χ0) is 26.7. The Kier molecular flexibility index (Phi) is 7.53. The molecule has 7 heteroatoms. The van der Waals surface area contributed by atoms with Crippen LogP contribution in [0.1, 0.15) is 44.9 Å². The van der Waals surface area contributed by atoms with Gasteiger partial charge in [-0.3, -0.25) is 14.5 Å². The van der Waals surface area contributed by atoms with Crippen LogP contribution in [0.2, 0.25) is 0 Å². The summed E-state index contributed by atoms with van der Waals surface area (Å²) in [6.07, 6.45) is -0.00815. The largest absolute Gasteiger partial charge is 0.507 e. The minimum Gasteiger partial charge on any atom is -0.507 e. The van der Waals surface area contributed by atoms with E-state index in [-0.39, 0.29) is 23.5 Å². The van der Waals surface area contributed by atoms with Gasteiger partial charge in [0.1, 0.15) is 23.0 Å². The van der Waals surface area contributed by atoms with Crippen molar-refractivity contribution in [3.8, 4) is 17.2 Å². The van der Waals surface area contributed by atoms with E-state index in [4.69, 9.17) is 14.2 Å². The molecular weight excluding hydrogens is 470 g/mol. The first-order chi connectivity index (χ1) is 17.7. The van der Waals surface area contributed by atoms with E-state index in [9.17, 15) is 14.7 Å². The molecule has 0 bridgehead atoms. The third-order valence-corrected chi connectivity index (χ3v) is 5.84. The number of rotatable bonds is 8. The van der Waals surface area contributed by atoms with Crippen molar-refractivity contribution in [1.29, 1.82) is 0 Å². The van der Waals surface area contributed by atoms with Gasteiger partial charge in [0.15, 0.2) is 0 Å². The predicted molar refractivity (Wildman–Crippen MR) is 142 cm³/mol. The summed E-state index contributed by atoms with van der Waals surface area (Å²) in [6.45, 7) is 7.71. The zero-order valence-corrected chi connectivity index (χ0v) is 21.6. The molecule has 0 spiro atoms. The number of ketones is 1. The summed E-state index contributed by atoms with van der Waals surface area (Å²) in [5.74, 6) is 0.0859. The van der Waals surface area contributed by atoms with E-state index in [2.05, 4.69) is 0 Å². The molecule has 7 nitrogen and oxygen atoms in total. The molecule has 1 aliphatic heterocycles. The van der Waals surface area contributed by atoms with Gasteiger partial charge in [0, 0.05) is 17.3 Å². The van der Waals surface area contributed by atoms with E-state index < -0.39 is 17.7 Å². The fourth-order valence-corrected chi connectivity index (χ4v) is 4.29. The third kappa shape index (κ3) is 5.45. The summed E-state index contributed by atoms with van der Waals surface area (Å²) < 4.78 is 16.8. The van der Waals surface area contributed by atoms with E-state index in [1.807, 2.05) is 27.7 Å². The van der Waals surface area contributed by atoms with Gasteiger partial charge in [0.2, 0.25) is 0 Å². The standard InChI is InChI=1S/C30H31NO6/c1-18(2)36-23-13-9-20(10-14-23)27-26(28(32)21-11-15-24(16-12-21)37-19(3)4)29(33)30(34)31(27)22-7-6-8-25(17-22)35-5/h6-19,27,32H,1-5H3/b28-26+. The average Bonchev–Trinajstić information content (AvgIpc) is 3.14. The van der Waals surface area contributed by atoms with Crippen LogP contribution >= 0.6 is 0 Å². The second-order valence-corrected chi connectivity index (χ2v) is 9.30. The van der Waals surface area contributed by atoms with Crippen LogP contribution in [0.15, 0.2) is 78.4 Å². The summed E-state index contributed by atoms with van der Waals surface area (Å²) in [4.78, 5) is 28.1. The molecule has 3 aromatic carbocycles. The van der Waals surface area contributed by atoms with Gasteiger partial charge in [-0.2, -0.15) is 0 Å². The van der Waals surface area contributed by atoms with Crippen LogP contribution in [0.4, 0.5) is 5.69 Å². The van der Waals surface area contributed by atoms with E-state index in [0.29, 0.717) is 34.1 Å². The molecule has 3 aromatic rings. The fraction of sp³-hybridized carbons (Fsp3) is 0.267. The van der Waals surface area contributed by atoms with Crippen molar-refractivity contribution >= 4 is 23.1 Å². The summed E-state index contributed by atoms with van der Waals surface area (Å²) in [5, 5.41) is 11.3. The summed E-state index contributed by atoms with van der Waals surface area (Å²) in [6, 6.07) is 20.0. The Bertz CT molecular complexity index is 1310. The second kappa shape index (κ2) is 10.8. The van der Waals surface area contributed by atoms with Crippen LogP contribution in [-0.2, 0) is 9.59 Å². The molecule has 4 rings (SSSR count). The molecule has 1 aliphatic rings. The number of Topliss-reactive ketones (excluding diaryl/α,β-unsaturated/α-hetero) is 1. The molecule has 0 aromatic heterocycles. The number of carbonyl (C=O) groups is 2. The molecule has 37 heavy (non-hydrogen) atoms. The number of ether oxygens (including phenoxy) is 3. The number of aliphatic hydroxyl groups is 1. The number of hydrogen-bond acceptors (Lipinski definition) is 6. The van der Waals surface area contributed by atoms with Gasteiger partial charge >= 0.3 is 0 Å². The van der Waals surface area contributed by atoms with Crippen molar-refractivity contribution in [3.05, 3.63) is 89.5 Å². The van der Waals surface area contributed by atoms with Crippen molar-refractivity contribution in [3.63, 3.8) is 0 Å². The number of aliphatic hydroxyl groups excluding tert-OH is 1. The lowest BCUT2D eigenvalue weighted by Crippen LogP contribution is -2.29. The maximum Gasteiger partial charge on any atom is 0.300 e. The molecule has 1 atom stereocenters. The van der Waals surface area contributed by atoms with Crippen LogP contribution in [-0.4, -0.2) is 36.1 Å². The topological polar surface area (TPSA) is 85.3 Å². The molecule has 1 heterocycles. The first kappa shape index (κ1) is 25.8. The molecular formula is C30H31NO6. The van der Waals surface area contributed by atoms with Crippen LogP contribution in [0, 0.1) is 0 Å². The quantitative estimate of drug-likeness (QED) is 0.235. The van der Waals surface area contributed by atoms with Crippen LogP contribution in [0.5, 0.6) is 17.2 Å². The van der Waals surface area contributed by atoms with Gasteiger partial charge in [-0.25, -0.2) is 0 Å². The van der Waals surface area contributed by atoms with Crippen molar-refractivity contribution < 1.29 is 28.9 Å². The van der Waals surface area contributed by atoms with Gasteiger partial charge in [0.05, 0.1) is 30.9 Å². The highest BCUT2D eigenvalue weighted by molar-refractivity contribution is 6.51. The lowest BCUT2D eigenvalue weighted by Gasteiger charge is -2.26. The summed E-state index contributed by atoms with van der Waals surface area (Å²) in [7, 11) is 1.53. The second-order valence-electron chi connectivity index (χ2n) is 9.30. The smallest absolute Gasteiger partial charge is 0.300 e. The molecule has 1 N–H and O–H groups in total. The van der Waals surface area contributed by atoms with Crippen molar-refractivity contribution in [2.75, 3.05) is 12.0 Å². The van der Waals surface area contributed by atoms with E-state index >= 15 is 0 Å². The van der Waals surface area contributed by atoms with E-state index in [1.54, 1.807) is 72.8 Å².